The summed E-state index contributed by atoms with van der Waals surface area (Å²) in [7, 11) is 1.52. The van der Waals surface area contributed by atoms with Crippen molar-refractivity contribution in [3.05, 3.63) is 59.2 Å². The average molecular weight is 350 g/mol. The van der Waals surface area contributed by atoms with Gasteiger partial charge in [0, 0.05) is 18.2 Å². The normalized spacial score (nSPS) is 16.6. The number of methoxy groups -OCH3 is 1. The summed E-state index contributed by atoms with van der Waals surface area (Å²) in [5.74, 6) is 3.79. The molecule has 1 aromatic rings. The van der Waals surface area contributed by atoms with Gasteiger partial charge >= 0.3 is 12.1 Å². The van der Waals surface area contributed by atoms with Crippen molar-refractivity contribution in [3.63, 3.8) is 0 Å². The zero-order valence-corrected chi connectivity index (χ0v) is 13.6. The molecule has 0 aromatic heterocycles. The molecule has 6 heteroatoms. The number of carbonyl (C=O) groups is 1. The molecule has 0 saturated carbocycles. The zero-order chi connectivity index (χ0) is 18.3. The number of alkyl halides is 3. The van der Waals surface area contributed by atoms with Gasteiger partial charge in [0.1, 0.15) is 6.61 Å². The van der Waals surface area contributed by atoms with Crippen molar-refractivity contribution < 1.29 is 27.4 Å². The number of allylic oxidation sites excluding steroid dienone is 4. The highest BCUT2D eigenvalue weighted by Crippen LogP contribution is 2.32. The molecule has 132 valence electrons. The minimum atomic E-state index is -4.22. The summed E-state index contributed by atoms with van der Waals surface area (Å²) in [5, 5.41) is 0. The molecular formula is C19H17F3O3. The summed E-state index contributed by atoms with van der Waals surface area (Å²) in [6, 6.07) is 6.49. The molecule has 2 rings (SSSR count). The SMILES string of the molecule is COCCOC(=O)c1ccc(C#CC2=CCC(C(F)(F)F)C=C2)cc1. The van der Waals surface area contributed by atoms with Gasteiger partial charge in [0.05, 0.1) is 18.1 Å². The minimum absolute atomic E-state index is 0.101. The summed E-state index contributed by atoms with van der Waals surface area (Å²) in [6.07, 6.45) is -0.331. The molecule has 0 amide bonds. The van der Waals surface area contributed by atoms with Gasteiger partial charge < -0.3 is 9.47 Å². The number of esters is 1. The van der Waals surface area contributed by atoms with Crippen LogP contribution < -0.4 is 0 Å². The molecule has 25 heavy (non-hydrogen) atoms. The number of carbonyl (C=O) groups excluding carboxylic acids is 1. The van der Waals surface area contributed by atoms with Crippen molar-refractivity contribution in [3.8, 4) is 11.8 Å². The predicted octanol–water partition coefficient (Wildman–Crippen LogP) is 3.91. The Bertz CT molecular complexity index is 719. The molecule has 0 heterocycles. The molecule has 1 atom stereocenters. The van der Waals surface area contributed by atoms with Crippen LogP contribution in [0.25, 0.3) is 0 Å². The lowest BCUT2D eigenvalue weighted by Crippen LogP contribution is -2.21. The Labute approximate surface area is 144 Å². The van der Waals surface area contributed by atoms with Crippen LogP contribution >= 0.6 is 0 Å². The first-order chi connectivity index (χ1) is 11.9. The van der Waals surface area contributed by atoms with Gasteiger partial charge in [0.2, 0.25) is 0 Å². The molecule has 0 aliphatic heterocycles. The van der Waals surface area contributed by atoms with Crippen molar-refractivity contribution in [2.45, 2.75) is 12.6 Å². The molecule has 3 nitrogen and oxygen atoms in total. The van der Waals surface area contributed by atoms with E-state index in [1.165, 1.54) is 19.3 Å². The Morgan fingerprint density at radius 1 is 1.20 bits per heavy atom. The van der Waals surface area contributed by atoms with Gasteiger partial charge in [-0.05, 0) is 30.7 Å². The highest BCUT2D eigenvalue weighted by atomic mass is 19.4. The van der Waals surface area contributed by atoms with E-state index in [9.17, 15) is 18.0 Å². The third-order valence-electron chi connectivity index (χ3n) is 3.51. The van der Waals surface area contributed by atoms with E-state index in [1.807, 2.05) is 0 Å². The maximum Gasteiger partial charge on any atom is 0.395 e. The van der Waals surface area contributed by atoms with E-state index in [2.05, 4.69) is 11.8 Å². The van der Waals surface area contributed by atoms with E-state index in [0.717, 1.165) is 6.08 Å². The predicted molar refractivity (Wildman–Crippen MR) is 86.9 cm³/mol. The van der Waals surface area contributed by atoms with Gasteiger partial charge in [-0.2, -0.15) is 13.2 Å². The molecule has 1 unspecified atom stereocenters. The zero-order valence-electron chi connectivity index (χ0n) is 13.6. The topological polar surface area (TPSA) is 35.5 Å². The molecule has 0 fully saturated rings. The molecule has 0 bridgehead atoms. The van der Waals surface area contributed by atoms with Gasteiger partial charge in [0.15, 0.2) is 0 Å². The Hall–Kier alpha value is -2.52. The number of hydrogen-bond donors (Lipinski definition) is 0. The van der Waals surface area contributed by atoms with E-state index in [4.69, 9.17) is 9.47 Å². The summed E-state index contributed by atoms with van der Waals surface area (Å²) < 4.78 is 47.5. The standard InChI is InChI=1S/C19H17F3O3/c1-24-12-13-25-18(23)16-8-4-14(5-9-16)2-3-15-6-10-17(11-7-15)19(20,21)22/h4-10,17H,11-13H2,1H3. The number of halogens is 3. The number of benzene rings is 1. The Morgan fingerprint density at radius 2 is 1.92 bits per heavy atom. The fourth-order valence-electron chi connectivity index (χ4n) is 2.09. The van der Waals surface area contributed by atoms with Crippen LogP contribution in [0.15, 0.2) is 48.1 Å². The highest BCUT2D eigenvalue weighted by molar-refractivity contribution is 5.89. The third-order valence-corrected chi connectivity index (χ3v) is 3.51. The van der Waals surface area contributed by atoms with Crippen LogP contribution in [0.2, 0.25) is 0 Å². The summed E-state index contributed by atoms with van der Waals surface area (Å²) >= 11 is 0. The summed E-state index contributed by atoms with van der Waals surface area (Å²) in [4.78, 5) is 11.7. The van der Waals surface area contributed by atoms with Gasteiger partial charge in [0.25, 0.3) is 0 Å². The first kappa shape index (κ1) is 18.8. The monoisotopic (exact) mass is 350 g/mol. The third kappa shape index (κ3) is 5.80. The number of ether oxygens (including phenoxy) is 2. The number of hydrogen-bond acceptors (Lipinski definition) is 3. The maximum atomic E-state index is 12.6. The lowest BCUT2D eigenvalue weighted by molar-refractivity contribution is -0.160. The van der Waals surface area contributed by atoms with Crippen molar-refractivity contribution in [1.29, 1.82) is 0 Å². The van der Waals surface area contributed by atoms with Crippen LogP contribution in [0, 0.1) is 17.8 Å². The average Bonchev–Trinajstić information content (AvgIpc) is 2.60. The van der Waals surface area contributed by atoms with E-state index in [1.54, 1.807) is 24.3 Å². The smallest absolute Gasteiger partial charge is 0.395 e. The van der Waals surface area contributed by atoms with Crippen molar-refractivity contribution >= 4 is 5.97 Å². The van der Waals surface area contributed by atoms with Crippen LogP contribution in [-0.2, 0) is 9.47 Å². The second-order valence-electron chi connectivity index (χ2n) is 5.36. The van der Waals surface area contributed by atoms with E-state index in [0.29, 0.717) is 23.3 Å². The van der Waals surface area contributed by atoms with Crippen LogP contribution in [0.4, 0.5) is 13.2 Å². The fourth-order valence-corrected chi connectivity index (χ4v) is 2.09. The molecule has 1 aromatic carbocycles. The largest absolute Gasteiger partial charge is 0.460 e. The Morgan fingerprint density at radius 3 is 2.48 bits per heavy atom. The molecule has 0 spiro atoms. The fraction of sp³-hybridized carbons (Fsp3) is 0.316. The molecule has 1 aliphatic carbocycles. The quantitative estimate of drug-likeness (QED) is 0.469. The molecule has 0 saturated heterocycles. The first-order valence-corrected chi connectivity index (χ1v) is 7.63. The minimum Gasteiger partial charge on any atom is -0.460 e. The maximum absolute atomic E-state index is 12.6. The lowest BCUT2D eigenvalue weighted by Gasteiger charge is -2.17. The first-order valence-electron chi connectivity index (χ1n) is 7.63. The van der Waals surface area contributed by atoms with Crippen molar-refractivity contribution in [2.75, 3.05) is 20.3 Å². The van der Waals surface area contributed by atoms with Gasteiger partial charge in [-0.1, -0.05) is 30.1 Å². The Kier molecular flexibility index (Phi) is 6.43. The van der Waals surface area contributed by atoms with Crippen molar-refractivity contribution in [1.82, 2.24) is 0 Å². The van der Waals surface area contributed by atoms with Gasteiger partial charge in [-0.25, -0.2) is 4.79 Å². The molecule has 0 radical (unpaired) electrons. The summed E-state index contributed by atoms with van der Waals surface area (Å²) in [5.41, 5.74) is 1.59. The van der Waals surface area contributed by atoms with Gasteiger partial charge in [-0.15, -0.1) is 0 Å². The van der Waals surface area contributed by atoms with E-state index < -0.39 is 18.1 Å². The number of rotatable bonds is 4. The summed E-state index contributed by atoms with van der Waals surface area (Å²) in [6.45, 7) is 0.503. The van der Waals surface area contributed by atoms with Gasteiger partial charge in [-0.3, -0.25) is 0 Å². The molecule has 0 N–H and O–H groups in total. The van der Waals surface area contributed by atoms with Crippen molar-refractivity contribution in [2.24, 2.45) is 5.92 Å². The van der Waals surface area contributed by atoms with Crippen LogP contribution in [-0.4, -0.2) is 32.5 Å². The van der Waals surface area contributed by atoms with Crippen LogP contribution in [0.5, 0.6) is 0 Å². The van der Waals surface area contributed by atoms with E-state index in [-0.39, 0.29) is 13.0 Å². The molecule has 1 aliphatic rings. The molecular weight excluding hydrogens is 333 g/mol. The van der Waals surface area contributed by atoms with E-state index >= 15 is 0 Å². The van der Waals surface area contributed by atoms with Crippen LogP contribution in [0.1, 0.15) is 22.3 Å². The Balaban J connectivity index is 1.95. The van der Waals surface area contributed by atoms with Crippen LogP contribution in [0.3, 0.4) is 0 Å². The highest BCUT2D eigenvalue weighted by Gasteiger charge is 2.37. The lowest BCUT2D eigenvalue weighted by atomic mass is 9.96. The second kappa shape index (κ2) is 8.54. The second-order valence-corrected chi connectivity index (χ2v) is 5.36.